The van der Waals surface area contributed by atoms with E-state index in [0.717, 1.165) is 12.1 Å². The number of hydrogen-bond acceptors (Lipinski definition) is 2. The molecule has 7 heteroatoms. The van der Waals surface area contributed by atoms with Gasteiger partial charge in [0.05, 0.1) is 22.8 Å². The van der Waals surface area contributed by atoms with Crippen molar-refractivity contribution in [3.63, 3.8) is 0 Å². The lowest BCUT2D eigenvalue weighted by Gasteiger charge is -2.29. The molecule has 1 rings (SSSR count). The second-order valence-corrected chi connectivity index (χ2v) is 5.02. The van der Waals surface area contributed by atoms with Crippen molar-refractivity contribution in [2.75, 3.05) is 0 Å². The summed E-state index contributed by atoms with van der Waals surface area (Å²) in [5.74, 6) is -2.64. The summed E-state index contributed by atoms with van der Waals surface area (Å²) >= 11 is 0. The van der Waals surface area contributed by atoms with Crippen molar-refractivity contribution >= 4 is 5.91 Å². The molecule has 0 spiro atoms. The number of carbonyl (C=O) groups excluding carboxylic acids is 1. The van der Waals surface area contributed by atoms with Crippen molar-refractivity contribution in [3.8, 4) is 0 Å². The molecule has 0 aliphatic rings. The number of benzene rings is 1. The maximum absolute atomic E-state index is 13.8. The number of amides is 1. The average molecular weight is 293 g/mol. The topological polar surface area (TPSA) is 49.3 Å². The molecule has 0 saturated carbocycles. The lowest BCUT2D eigenvalue weighted by Crippen LogP contribution is -2.51. The van der Waals surface area contributed by atoms with Gasteiger partial charge in [0.2, 0.25) is 0 Å². The van der Waals surface area contributed by atoms with Crippen molar-refractivity contribution in [1.82, 2.24) is 5.32 Å². The Morgan fingerprint density at radius 1 is 1.30 bits per heavy atom. The molecule has 1 aromatic rings. The third-order valence-corrected chi connectivity index (χ3v) is 3.03. The number of alkyl halides is 3. The Labute approximate surface area is 113 Å². The van der Waals surface area contributed by atoms with Crippen LogP contribution in [0.5, 0.6) is 0 Å². The van der Waals surface area contributed by atoms with Crippen LogP contribution in [0.25, 0.3) is 0 Å². The van der Waals surface area contributed by atoms with E-state index >= 15 is 0 Å². The molecule has 1 aromatic carbocycles. The second kappa shape index (κ2) is 5.40. The minimum absolute atomic E-state index is 0.561. The Bertz CT molecular complexity index is 510. The third-order valence-electron chi connectivity index (χ3n) is 3.03. The first-order valence-electron chi connectivity index (χ1n) is 5.83. The molecule has 2 N–H and O–H groups in total. The Morgan fingerprint density at radius 3 is 2.30 bits per heavy atom. The fraction of sp³-hybridized carbons (Fsp3) is 0.462. The van der Waals surface area contributed by atoms with Crippen molar-refractivity contribution < 1.29 is 27.5 Å². The molecule has 0 radical (unpaired) electrons. The fourth-order valence-electron chi connectivity index (χ4n) is 1.39. The van der Waals surface area contributed by atoms with Crippen LogP contribution in [0.15, 0.2) is 18.2 Å². The number of rotatable bonds is 3. The summed E-state index contributed by atoms with van der Waals surface area (Å²) in [6.45, 7) is 4.35. The Kier molecular flexibility index (Phi) is 4.43. The quantitative estimate of drug-likeness (QED) is 0.842. The van der Waals surface area contributed by atoms with Gasteiger partial charge in [-0.2, -0.15) is 13.2 Å². The normalized spacial score (nSPS) is 14.0. The van der Waals surface area contributed by atoms with Crippen LogP contribution in [0.1, 0.15) is 36.7 Å². The van der Waals surface area contributed by atoms with Gasteiger partial charge in [-0.15, -0.1) is 0 Å². The number of halogens is 4. The Morgan fingerprint density at radius 2 is 1.85 bits per heavy atom. The van der Waals surface area contributed by atoms with E-state index in [-0.39, 0.29) is 0 Å². The predicted octanol–water partition coefficient (Wildman–Crippen LogP) is 2.73. The number of carbonyl (C=O) groups is 1. The van der Waals surface area contributed by atoms with Crippen LogP contribution >= 0.6 is 0 Å². The van der Waals surface area contributed by atoms with Gasteiger partial charge >= 0.3 is 6.18 Å². The van der Waals surface area contributed by atoms with Crippen molar-refractivity contribution in [1.29, 1.82) is 0 Å². The minimum Gasteiger partial charge on any atom is -0.391 e. The third kappa shape index (κ3) is 3.47. The fourth-order valence-corrected chi connectivity index (χ4v) is 1.39. The molecule has 0 aliphatic heterocycles. The molecule has 0 saturated heterocycles. The highest BCUT2D eigenvalue weighted by Crippen LogP contribution is 2.32. The van der Waals surface area contributed by atoms with Gasteiger partial charge in [-0.1, -0.05) is 6.07 Å². The zero-order valence-electron chi connectivity index (χ0n) is 11.2. The zero-order valence-corrected chi connectivity index (χ0v) is 11.2. The maximum atomic E-state index is 13.8. The lowest BCUT2D eigenvalue weighted by atomic mass is 9.97. The molecule has 1 amide bonds. The van der Waals surface area contributed by atoms with E-state index in [1.54, 1.807) is 0 Å². The van der Waals surface area contributed by atoms with Crippen LogP contribution in [0.2, 0.25) is 0 Å². The van der Waals surface area contributed by atoms with Crippen molar-refractivity contribution in [3.05, 3.63) is 35.1 Å². The molecule has 0 bridgehead atoms. The van der Waals surface area contributed by atoms with Crippen LogP contribution in [-0.2, 0) is 6.18 Å². The summed E-state index contributed by atoms with van der Waals surface area (Å²) in [6, 6.07) is 2.47. The molecular formula is C13H15F4NO2. The van der Waals surface area contributed by atoms with E-state index in [0.29, 0.717) is 6.07 Å². The molecule has 0 aromatic heterocycles. The van der Waals surface area contributed by atoms with E-state index in [9.17, 15) is 27.5 Å². The molecule has 3 nitrogen and oxygen atoms in total. The number of nitrogens with one attached hydrogen (secondary N) is 1. The van der Waals surface area contributed by atoms with Crippen LogP contribution in [0.3, 0.4) is 0 Å². The Balaban J connectivity index is 3.13. The Hall–Kier alpha value is -1.63. The SMILES string of the molecule is CC(O)C(C)(C)NC(=O)c1cccc(C(F)(F)F)c1F. The first-order chi connectivity index (χ1) is 8.97. The largest absolute Gasteiger partial charge is 0.419 e. The van der Waals surface area contributed by atoms with E-state index in [2.05, 4.69) is 5.32 Å². The standard InChI is InChI=1S/C13H15F4NO2/c1-7(19)12(2,3)18-11(20)8-5-4-6-9(10(8)14)13(15,16)17/h4-7,19H,1-3H3,(H,18,20). The molecule has 0 aliphatic carbocycles. The predicted molar refractivity (Wildman–Crippen MR) is 64.6 cm³/mol. The molecule has 0 fully saturated rings. The van der Waals surface area contributed by atoms with Gasteiger partial charge in [0.1, 0.15) is 5.82 Å². The van der Waals surface area contributed by atoms with Crippen LogP contribution in [-0.4, -0.2) is 22.7 Å². The summed E-state index contributed by atoms with van der Waals surface area (Å²) in [6.07, 6.45) is -5.83. The maximum Gasteiger partial charge on any atom is 0.419 e. The van der Waals surface area contributed by atoms with Gasteiger partial charge in [0.15, 0.2) is 0 Å². The van der Waals surface area contributed by atoms with Gasteiger partial charge in [-0.05, 0) is 32.9 Å². The van der Waals surface area contributed by atoms with E-state index in [4.69, 9.17) is 0 Å². The highest BCUT2D eigenvalue weighted by Gasteiger charge is 2.36. The minimum atomic E-state index is -4.87. The molecule has 1 unspecified atom stereocenters. The van der Waals surface area contributed by atoms with Gasteiger partial charge in [0, 0.05) is 0 Å². The number of aliphatic hydroxyl groups excluding tert-OH is 1. The molecule has 20 heavy (non-hydrogen) atoms. The summed E-state index contributed by atoms with van der Waals surface area (Å²) in [4.78, 5) is 11.8. The summed E-state index contributed by atoms with van der Waals surface area (Å²) in [5, 5.41) is 11.7. The summed E-state index contributed by atoms with van der Waals surface area (Å²) < 4.78 is 51.4. The molecule has 112 valence electrons. The number of hydrogen-bond donors (Lipinski definition) is 2. The molecule has 1 atom stereocenters. The second-order valence-electron chi connectivity index (χ2n) is 5.02. The lowest BCUT2D eigenvalue weighted by molar-refractivity contribution is -0.140. The van der Waals surface area contributed by atoms with E-state index < -0.39 is 40.7 Å². The van der Waals surface area contributed by atoms with Gasteiger partial charge < -0.3 is 10.4 Å². The first kappa shape index (κ1) is 16.4. The highest BCUT2D eigenvalue weighted by molar-refractivity contribution is 5.95. The van der Waals surface area contributed by atoms with Crippen LogP contribution < -0.4 is 5.32 Å². The molecular weight excluding hydrogens is 278 g/mol. The van der Waals surface area contributed by atoms with Gasteiger partial charge in [-0.3, -0.25) is 4.79 Å². The summed E-state index contributed by atoms with van der Waals surface area (Å²) in [7, 11) is 0. The highest BCUT2D eigenvalue weighted by atomic mass is 19.4. The molecule has 0 heterocycles. The van der Waals surface area contributed by atoms with E-state index in [1.807, 2.05) is 0 Å². The van der Waals surface area contributed by atoms with E-state index in [1.165, 1.54) is 20.8 Å². The smallest absolute Gasteiger partial charge is 0.391 e. The van der Waals surface area contributed by atoms with Crippen LogP contribution in [0.4, 0.5) is 17.6 Å². The number of aliphatic hydroxyl groups is 1. The van der Waals surface area contributed by atoms with Crippen molar-refractivity contribution in [2.24, 2.45) is 0 Å². The van der Waals surface area contributed by atoms with Gasteiger partial charge in [-0.25, -0.2) is 4.39 Å². The first-order valence-corrected chi connectivity index (χ1v) is 5.83. The summed E-state index contributed by atoms with van der Waals surface area (Å²) in [5.41, 5.74) is -3.31. The van der Waals surface area contributed by atoms with Crippen LogP contribution in [0, 0.1) is 5.82 Å². The van der Waals surface area contributed by atoms with Crippen molar-refractivity contribution in [2.45, 2.75) is 38.6 Å². The average Bonchev–Trinajstić information content (AvgIpc) is 2.26. The zero-order chi connectivity index (χ0) is 15.7. The van der Waals surface area contributed by atoms with Gasteiger partial charge in [0.25, 0.3) is 5.91 Å². The monoisotopic (exact) mass is 293 g/mol.